The molecule has 1 fully saturated rings. The summed E-state index contributed by atoms with van der Waals surface area (Å²) in [5.41, 5.74) is 0. The van der Waals surface area contributed by atoms with Gasteiger partial charge < -0.3 is 5.32 Å². The van der Waals surface area contributed by atoms with Crippen LogP contribution in [0.5, 0.6) is 0 Å². The number of thioether (sulfide) groups is 1. The molecule has 2 nitrogen and oxygen atoms in total. The lowest BCUT2D eigenvalue weighted by atomic mass is 10.2. The van der Waals surface area contributed by atoms with Crippen LogP contribution < -0.4 is 5.32 Å². The van der Waals surface area contributed by atoms with Gasteiger partial charge >= 0.3 is 0 Å². The Kier molecular flexibility index (Phi) is 4.51. The van der Waals surface area contributed by atoms with Crippen molar-refractivity contribution in [2.24, 2.45) is 0 Å². The van der Waals surface area contributed by atoms with Crippen LogP contribution in [0.25, 0.3) is 0 Å². The minimum Gasteiger partial charge on any atom is -0.353 e. The molecule has 0 spiro atoms. The quantitative estimate of drug-likeness (QED) is 0.730. The molecular weight excluding hydrogens is 170 g/mol. The molecule has 0 radical (unpaired) electrons. The summed E-state index contributed by atoms with van der Waals surface area (Å²) in [4.78, 5) is 11.2. The molecule has 1 unspecified atom stereocenters. The largest absolute Gasteiger partial charge is 0.353 e. The molecule has 1 heterocycles. The summed E-state index contributed by atoms with van der Waals surface area (Å²) in [5.74, 6) is 2.60. The molecule has 0 aliphatic carbocycles. The van der Waals surface area contributed by atoms with Crippen molar-refractivity contribution < 1.29 is 4.79 Å². The fourth-order valence-electron chi connectivity index (χ4n) is 1.38. The summed E-state index contributed by atoms with van der Waals surface area (Å²) in [6.45, 7) is 2.04. The minimum absolute atomic E-state index is 0.227. The molecule has 0 saturated carbocycles. The fourth-order valence-corrected chi connectivity index (χ4v) is 2.45. The van der Waals surface area contributed by atoms with Crippen LogP contribution >= 0.6 is 11.8 Å². The van der Waals surface area contributed by atoms with Crippen molar-refractivity contribution in [2.75, 3.05) is 11.5 Å². The van der Waals surface area contributed by atoms with Crippen LogP contribution in [-0.2, 0) is 4.79 Å². The third-order valence-corrected chi connectivity index (χ3v) is 3.22. The highest BCUT2D eigenvalue weighted by Gasteiger charge is 2.14. The maximum Gasteiger partial charge on any atom is 0.220 e. The first kappa shape index (κ1) is 9.90. The Morgan fingerprint density at radius 1 is 1.67 bits per heavy atom. The fraction of sp³-hybridized carbons (Fsp3) is 0.889. The molecule has 3 heteroatoms. The molecule has 1 saturated heterocycles. The zero-order valence-electron chi connectivity index (χ0n) is 7.64. The zero-order valence-corrected chi connectivity index (χ0v) is 8.45. The van der Waals surface area contributed by atoms with E-state index in [1.165, 1.54) is 18.6 Å². The minimum atomic E-state index is 0.227. The van der Waals surface area contributed by atoms with E-state index in [0.29, 0.717) is 12.5 Å². The summed E-state index contributed by atoms with van der Waals surface area (Å²) in [6.07, 6.45) is 4.05. The van der Waals surface area contributed by atoms with Gasteiger partial charge in [0.1, 0.15) is 0 Å². The van der Waals surface area contributed by atoms with E-state index < -0.39 is 0 Å². The Balaban J connectivity index is 2.15. The number of rotatable bonds is 3. The number of nitrogens with one attached hydrogen (secondary N) is 1. The van der Waals surface area contributed by atoms with Gasteiger partial charge in [-0.3, -0.25) is 4.79 Å². The summed E-state index contributed by atoms with van der Waals surface area (Å²) >= 11 is 1.95. The van der Waals surface area contributed by atoms with Gasteiger partial charge in [0.15, 0.2) is 0 Å². The molecule has 1 N–H and O–H groups in total. The lowest BCUT2D eigenvalue weighted by Gasteiger charge is -2.22. The highest BCUT2D eigenvalue weighted by Crippen LogP contribution is 2.16. The zero-order chi connectivity index (χ0) is 8.81. The SMILES string of the molecule is CCCC(=O)NC1CCCSC1. The van der Waals surface area contributed by atoms with Gasteiger partial charge in [0.05, 0.1) is 0 Å². The van der Waals surface area contributed by atoms with E-state index in [0.717, 1.165) is 12.2 Å². The summed E-state index contributed by atoms with van der Waals surface area (Å²) in [7, 11) is 0. The maximum absolute atomic E-state index is 11.2. The third kappa shape index (κ3) is 3.48. The van der Waals surface area contributed by atoms with Gasteiger partial charge in [-0.2, -0.15) is 11.8 Å². The molecule has 0 bridgehead atoms. The second-order valence-electron chi connectivity index (χ2n) is 3.23. The van der Waals surface area contributed by atoms with Crippen molar-refractivity contribution in [2.45, 2.75) is 38.6 Å². The van der Waals surface area contributed by atoms with Crippen molar-refractivity contribution in [3.05, 3.63) is 0 Å². The highest BCUT2D eigenvalue weighted by molar-refractivity contribution is 7.99. The molecule has 70 valence electrons. The van der Waals surface area contributed by atoms with Gasteiger partial charge in [-0.25, -0.2) is 0 Å². The molecule has 1 amide bonds. The standard InChI is InChI=1S/C9H17NOS/c1-2-4-9(11)10-8-5-3-6-12-7-8/h8H,2-7H2,1H3,(H,10,11). The monoisotopic (exact) mass is 187 g/mol. The van der Waals surface area contributed by atoms with Crippen LogP contribution in [-0.4, -0.2) is 23.5 Å². The summed E-state index contributed by atoms with van der Waals surface area (Å²) < 4.78 is 0. The molecule has 0 aromatic heterocycles. The van der Waals surface area contributed by atoms with Crippen LogP contribution in [0.15, 0.2) is 0 Å². The van der Waals surface area contributed by atoms with Gasteiger partial charge in [-0.05, 0) is 25.0 Å². The average molecular weight is 187 g/mol. The first-order valence-electron chi connectivity index (χ1n) is 4.70. The van der Waals surface area contributed by atoms with Crippen molar-refractivity contribution in [3.63, 3.8) is 0 Å². The van der Waals surface area contributed by atoms with E-state index in [9.17, 15) is 4.79 Å². The Hall–Kier alpha value is -0.180. The molecule has 0 aromatic rings. The van der Waals surface area contributed by atoms with Gasteiger partial charge in [-0.15, -0.1) is 0 Å². The van der Waals surface area contributed by atoms with Crippen LogP contribution in [0, 0.1) is 0 Å². The first-order valence-corrected chi connectivity index (χ1v) is 5.85. The predicted octanol–water partition coefficient (Wildman–Crippen LogP) is 1.80. The number of carbonyl (C=O) groups is 1. The second-order valence-corrected chi connectivity index (χ2v) is 4.38. The third-order valence-electron chi connectivity index (χ3n) is 2.00. The molecule has 1 aliphatic rings. The predicted molar refractivity (Wildman–Crippen MR) is 53.4 cm³/mol. The number of carbonyl (C=O) groups excluding carboxylic acids is 1. The van der Waals surface area contributed by atoms with E-state index in [1.54, 1.807) is 0 Å². The number of hydrogen-bond donors (Lipinski definition) is 1. The lowest BCUT2D eigenvalue weighted by Crippen LogP contribution is -2.38. The molecule has 1 rings (SSSR count). The van der Waals surface area contributed by atoms with Crippen molar-refractivity contribution in [1.82, 2.24) is 5.32 Å². The summed E-state index contributed by atoms with van der Waals surface area (Å²) in [5, 5.41) is 3.06. The Labute approximate surface area is 78.5 Å². The maximum atomic E-state index is 11.2. The Morgan fingerprint density at radius 2 is 2.50 bits per heavy atom. The van der Waals surface area contributed by atoms with E-state index in [2.05, 4.69) is 5.32 Å². The van der Waals surface area contributed by atoms with Crippen LogP contribution in [0.3, 0.4) is 0 Å². The van der Waals surface area contributed by atoms with Crippen LogP contribution in [0.4, 0.5) is 0 Å². The van der Waals surface area contributed by atoms with E-state index in [4.69, 9.17) is 0 Å². The number of amides is 1. The normalized spacial score (nSPS) is 23.6. The smallest absolute Gasteiger partial charge is 0.220 e. The lowest BCUT2D eigenvalue weighted by molar-refractivity contribution is -0.121. The molecule has 1 atom stereocenters. The highest BCUT2D eigenvalue weighted by atomic mass is 32.2. The van der Waals surface area contributed by atoms with Crippen molar-refractivity contribution >= 4 is 17.7 Å². The van der Waals surface area contributed by atoms with E-state index in [1.807, 2.05) is 18.7 Å². The van der Waals surface area contributed by atoms with E-state index in [-0.39, 0.29) is 5.91 Å². The average Bonchev–Trinajstić information content (AvgIpc) is 2.06. The van der Waals surface area contributed by atoms with Crippen molar-refractivity contribution in [1.29, 1.82) is 0 Å². The molecule has 1 aliphatic heterocycles. The van der Waals surface area contributed by atoms with E-state index >= 15 is 0 Å². The molecule has 12 heavy (non-hydrogen) atoms. The Bertz CT molecular complexity index is 143. The van der Waals surface area contributed by atoms with Gasteiger partial charge in [-0.1, -0.05) is 6.92 Å². The molecule has 0 aromatic carbocycles. The van der Waals surface area contributed by atoms with Crippen LogP contribution in [0.2, 0.25) is 0 Å². The second kappa shape index (κ2) is 5.46. The van der Waals surface area contributed by atoms with Gasteiger partial charge in [0, 0.05) is 18.2 Å². The van der Waals surface area contributed by atoms with Gasteiger partial charge in [0.25, 0.3) is 0 Å². The topological polar surface area (TPSA) is 29.1 Å². The Morgan fingerprint density at radius 3 is 3.08 bits per heavy atom. The molecular formula is C9H17NOS. The first-order chi connectivity index (χ1) is 5.83. The van der Waals surface area contributed by atoms with Gasteiger partial charge in [0.2, 0.25) is 5.91 Å². The van der Waals surface area contributed by atoms with Crippen LogP contribution in [0.1, 0.15) is 32.6 Å². The number of hydrogen-bond acceptors (Lipinski definition) is 2. The van der Waals surface area contributed by atoms with Crippen molar-refractivity contribution in [3.8, 4) is 0 Å². The summed E-state index contributed by atoms with van der Waals surface area (Å²) in [6, 6.07) is 0.447.